The van der Waals surface area contributed by atoms with Gasteiger partial charge in [0.2, 0.25) is 0 Å². The SMILES string of the molecule is c1ccc2cc(-c3nccc4ccoc34)ncc2c1. The standard InChI is InChI=1S/C16H10N2O/c1-2-4-13-10-18-14(9-12(13)3-1)15-16-11(5-7-17-15)6-8-19-16/h1-10H. The van der Waals surface area contributed by atoms with Crippen LogP contribution in [0.1, 0.15) is 0 Å². The Labute approximate surface area is 109 Å². The Balaban J connectivity index is 2.01. The van der Waals surface area contributed by atoms with Gasteiger partial charge >= 0.3 is 0 Å². The Morgan fingerprint density at radius 1 is 0.842 bits per heavy atom. The van der Waals surface area contributed by atoms with Crippen molar-refractivity contribution in [3.8, 4) is 11.4 Å². The first-order valence-corrected chi connectivity index (χ1v) is 6.09. The van der Waals surface area contributed by atoms with Gasteiger partial charge in [-0.3, -0.25) is 9.97 Å². The average Bonchev–Trinajstić information content (AvgIpc) is 2.95. The van der Waals surface area contributed by atoms with Crippen LogP contribution in [0.2, 0.25) is 0 Å². The van der Waals surface area contributed by atoms with Gasteiger partial charge < -0.3 is 4.42 Å². The summed E-state index contributed by atoms with van der Waals surface area (Å²) in [7, 11) is 0. The molecule has 0 N–H and O–H groups in total. The summed E-state index contributed by atoms with van der Waals surface area (Å²) in [6.07, 6.45) is 5.33. The Kier molecular flexibility index (Phi) is 2.12. The van der Waals surface area contributed by atoms with Crippen molar-refractivity contribution in [1.29, 1.82) is 0 Å². The van der Waals surface area contributed by atoms with Crippen LogP contribution in [0.25, 0.3) is 33.1 Å². The largest absolute Gasteiger partial charge is 0.462 e. The maximum absolute atomic E-state index is 5.51. The molecular formula is C16H10N2O. The molecule has 3 heteroatoms. The molecule has 0 unspecified atom stereocenters. The number of nitrogens with zero attached hydrogens (tertiary/aromatic N) is 2. The van der Waals surface area contributed by atoms with Crippen LogP contribution in [0, 0.1) is 0 Å². The van der Waals surface area contributed by atoms with Gasteiger partial charge in [0, 0.05) is 23.2 Å². The second kappa shape index (κ2) is 3.92. The first-order valence-electron chi connectivity index (χ1n) is 6.09. The highest BCUT2D eigenvalue weighted by molar-refractivity contribution is 5.92. The summed E-state index contributed by atoms with van der Waals surface area (Å²) in [5.74, 6) is 0. The molecule has 0 aliphatic rings. The minimum Gasteiger partial charge on any atom is -0.462 e. The van der Waals surface area contributed by atoms with Crippen LogP contribution in [0.4, 0.5) is 0 Å². The first-order chi connectivity index (χ1) is 9.42. The van der Waals surface area contributed by atoms with Crippen LogP contribution in [0.15, 0.2) is 65.5 Å². The first kappa shape index (κ1) is 10.3. The zero-order chi connectivity index (χ0) is 12.7. The molecule has 0 amide bonds. The van der Waals surface area contributed by atoms with Crippen molar-refractivity contribution in [2.45, 2.75) is 0 Å². The monoisotopic (exact) mass is 246 g/mol. The van der Waals surface area contributed by atoms with Crippen LogP contribution < -0.4 is 0 Å². The highest BCUT2D eigenvalue weighted by Gasteiger charge is 2.09. The summed E-state index contributed by atoms with van der Waals surface area (Å²) in [6, 6.07) is 14.1. The molecule has 4 rings (SSSR count). The molecule has 0 saturated heterocycles. The molecule has 3 heterocycles. The predicted molar refractivity (Wildman–Crippen MR) is 74.7 cm³/mol. The lowest BCUT2D eigenvalue weighted by Gasteiger charge is -2.03. The number of hydrogen-bond donors (Lipinski definition) is 0. The van der Waals surface area contributed by atoms with Gasteiger partial charge in [0.05, 0.1) is 12.0 Å². The van der Waals surface area contributed by atoms with Crippen LogP contribution in [0.5, 0.6) is 0 Å². The molecule has 0 atom stereocenters. The summed E-state index contributed by atoms with van der Waals surface area (Å²) >= 11 is 0. The zero-order valence-electron chi connectivity index (χ0n) is 10.1. The van der Waals surface area contributed by atoms with Crippen molar-refractivity contribution in [3.05, 3.63) is 61.1 Å². The number of furan rings is 1. The minimum atomic E-state index is 0.783. The number of pyridine rings is 2. The molecule has 0 radical (unpaired) electrons. The van der Waals surface area contributed by atoms with Gasteiger partial charge in [-0.1, -0.05) is 24.3 Å². The van der Waals surface area contributed by atoms with E-state index in [0.29, 0.717) is 0 Å². The highest BCUT2D eigenvalue weighted by Crippen LogP contribution is 2.27. The van der Waals surface area contributed by atoms with Gasteiger partial charge in [-0.15, -0.1) is 0 Å². The van der Waals surface area contributed by atoms with Crippen molar-refractivity contribution in [2.75, 3.05) is 0 Å². The van der Waals surface area contributed by atoms with Crippen molar-refractivity contribution in [1.82, 2.24) is 9.97 Å². The van der Waals surface area contributed by atoms with E-state index in [-0.39, 0.29) is 0 Å². The Bertz CT molecular complexity index is 880. The molecular weight excluding hydrogens is 236 g/mol. The summed E-state index contributed by atoms with van der Waals surface area (Å²) in [6.45, 7) is 0. The maximum atomic E-state index is 5.51. The lowest BCUT2D eigenvalue weighted by molar-refractivity contribution is 0.615. The molecule has 90 valence electrons. The van der Waals surface area contributed by atoms with Crippen molar-refractivity contribution in [3.63, 3.8) is 0 Å². The van der Waals surface area contributed by atoms with Crippen molar-refractivity contribution >= 4 is 21.7 Å². The van der Waals surface area contributed by atoms with E-state index in [1.165, 1.54) is 0 Å². The van der Waals surface area contributed by atoms with Gasteiger partial charge in [0.1, 0.15) is 5.69 Å². The maximum Gasteiger partial charge on any atom is 0.161 e. The number of aromatic nitrogens is 2. The molecule has 4 aromatic rings. The summed E-state index contributed by atoms with van der Waals surface area (Å²) in [5.41, 5.74) is 2.40. The van der Waals surface area contributed by atoms with E-state index < -0.39 is 0 Å². The molecule has 0 bridgehead atoms. The zero-order valence-corrected chi connectivity index (χ0v) is 10.1. The van der Waals surface area contributed by atoms with E-state index in [9.17, 15) is 0 Å². The van der Waals surface area contributed by atoms with Gasteiger partial charge in [-0.2, -0.15) is 0 Å². The van der Waals surface area contributed by atoms with Crippen molar-refractivity contribution < 1.29 is 4.42 Å². The van der Waals surface area contributed by atoms with Crippen LogP contribution in [-0.4, -0.2) is 9.97 Å². The highest BCUT2D eigenvalue weighted by atomic mass is 16.3. The lowest BCUT2D eigenvalue weighted by Crippen LogP contribution is -1.88. The number of rotatable bonds is 1. The number of benzene rings is 1. The predicted octanol–water partition coefficient (Wildman–Crippen LogP) is 4.04. The molecule has 0 saturated carbocycles. The van der Waals surface area contributed by atoms with E-state index >= 15 is 0 Å². The van der Waals surface area contributed by atoms with Gasteiger partial charge in [0.25, 0.3) is 0 Å². The van der Waals surface area contributed by atoms with Crippen LogP contribution in [0.3, 0.4) is 0 Å². The van der Waals surface area contributed by atoms with E-state index in [4.69, 9.17) is 4.42 Å². The van der Waals surface area contributed by atoms with Gasteiger partial charge in [-0.05, 0) is 23.6 Å². The van der Waals surface area contributed by atoms with Crippen LogP contribution in [-0.2, 0) is 0 Å². The molecule has 1 aromatic carbocycles. The smallest absolute Gasteiger partial charge is 0.161 e. The molecule has 3 nitrogen and oxygen atoms in total. The Morgan fingerprint density at radius 3 is 2.68 bits per heavy atom. The van der Waals surface area contributed by atoms with E-state index in [1.807, 2.05) is 42.6 Å². The van der Waals surface area contributed by atoms with E-state index in [0.717, 1.165) is 33.1 Å². The fraction of sp³-hybridized carbons (Fsp3) is 0. The van der Waals surface area contributed by atoms with Gasteiger partial charge in [0.15, 0.2) is 5.58 Å². The molecule has 0 aliphatic heterocycles. The van der Waals surface area contributed by atoms with Gasteiger partial charge in [-0.25, -0.2) is 0 Å². The molecule has 3 aromatic heterocycles. The fourth-order valence-electron chi connectivity index (χ4n) is 2.29. The second-order valence-electron chi connectivity index (χ2n) is 4.42. The minimum absolute atomic E-state index is 0.783. The Morgan fingerprint density at radius 2 is 1.74 bits per heavy atom. The molecule has 0 spiro atoms. The molecule has 0 fully saturated rings. The topological polar surface area (TPSA) is 38.9 Å². The third-order valence-corrected chi connectivity index (χ3v) is 3.24. The molecule has 19 heavy (non-hydrogen) atoms. The van der Waals surface area contributed by atoms with E-state index in [2.05, 4.69) is 16.0 Å². The third kappa shape index (κ3) is 1.59. The molecule has 0 aliphatic carbocycles. The summed E-state index contributed by atoms with van der Waals surface area (Å²) < 4.78 is 5.51. The van der Waals surface area contributed by atoms with Crippen LogP contribution >= 0.6 is 0 Å². The summed E-state index contributed by atoms with van der Waals surface area (Å²) in [5, 5.41) is 3.32. The quantitative estimate of drug-likeness (QED) is 0.508. The lowest BCUT2D eigenvalue weighted by atomic mass is 10.1. The number of hydrogen-bond acceptors (Lipinski definition) is 3. The average molecular weight is 246 g/mol. The Hall–Kier alpha value is -2.68. The normalized spacial score (nSPS) is 11.2. The number of fused-ring (bicyclic) bond motifs is 2. The fourth-order valence-corrected chi connectivity index (χ4v) is 2.29. The third-order valence-electron chi connectivity index (χ3n) is 3.24. The van der Waals surface area contributed by atoms with E-state index in [1.54, 1.807) is 12.5 Å². The van der Waals surface area contributed by atoms with Crippen molar-refractivity contribution in [2.24, 2.45) is 0 Å². The second-order valence-corrected chi connectivity index (χ2v) is 4.42. The summed E-state index contributed by atoms with van der Waals surface area (Å²) in [4.78, 5) is 8.88.